The van der Waals surface area contributed by atoms with Crippen LogP contribution in [0.5, 0.6) is 0 Å². The van der Waals surface area contributed by atoms with Crippen LogP contribution >= 0.6 is 11.6 Å². The summed E-state index contributed by atoms with van der Waals surface area (Å²) >= 11 is 6.05. The molecule has 28 heavy (non-hydrogen) atoms. The van der Waals surface area contributed by atoms with E-state index in [0.29, 0.717) is 29.3 Å². The Morgan fingerprint density at radius 1 is 1.18 bits per heavy atom. The molecule has 0 atom stereocenters. The van der Waals surface area contributed by atoms with Crippen molar-refractivity contribution in [2.75, 3.05) is 31.1 Å². The first-order valence-electron chi connectivity index (χ1n) is 8.89. The van der Waals surface area contributed by atoms with Crippen LogP contribution < -0.4 is 10.5 Å². The van der Waals surface area contributed by atoms with Gasteiger partial charge in [-0.1, -0.05) is 23.7 Å². The van der Waals surface area contributed by atoms with Gasteiger partial charge in [-0.05, 0) is 23.8 Å². The maximum absolute atomic E-state index is 11.9. The van der Waals surface area contributed by atoms with Gasteiger partial charge in [-0.25, -0.2) is 4.98 Å². The fourth-order valence-corrected chi connectivity index (χ4v) is 3.75. The average molecular weight is 400 g/mol. The van der Waals surface area contributed by atoms with Crippen molar-refractivity contribution in [1.29, 1.82) is 0 Å². The van der Waals surface area contributed by atoms with Gasteiger partial charge in [-0.15, -0.1) is 0 Å². The minimum Gasteiger partial charge on any atom is -0.363 e. The van der Waals surface area contributed by atoms with E-state index in [0.717, 1.165) is 25.2 Å². The summed E-state index contributed by atoms with van der Waals surface area (Å²) in [7, 11) is 0. The Hall–Kier alpha value is -2.97. The third-order valence-corrected chi connectivity index (χ3v) is 5.18. The summed E-state index contributed by atoms with van der Waals surface area (Å²) in [5.74, 6) is 0. The maximum Gasteiger partial charge on any atom is 0.293 e. The molecule has 2 aromatic carbocycles. The first kappa shape index (κ1) is 18.4. The van der Waals surface area contributed by atoms with Gasteiger partial charge in [-0.2, -0.15) is 0 Å². The highest BCUT2D eigenvalue weighted by Gasteiger charge is 2.25. The van der Waals surface area contributed by atoms with Gasteiger partial charge >= 0.3 is 0 Å². The standard InChI is InChI=1S/C19H18ClN5O3/c20-14-3-1-2-13(8-14)11-23-4-6-24(7-5-23)17-10-16-15(9-18(17)25(27)28)19(26)22-12-21-16/h1-3,8-10,12H,4-7,11H2,(H,21,22,26). The zero-order valence-corrected chi connectivity index (χ0v) is 15.7. The van der Waals surface area contributed by atoms with Gasteiger partial charge in [-0.3, -0.25) is 19.8 Å². The number of H-pyrrole nitrogens is 1. The minimum absolute atomic E-state index is 0.0747. The number of nitrogens with zero attached hydrogens (tertiary/aromatic N) is 4. The number of hydrogen-bond acceptors (Lipinski definition) is 6. The van der Waals surface area contributed by atoms with Crippen LogP contribution in [0.25, 0.3) is 10.9 Å². The number of anilines is 1. The molecule has 1 aromatic heterocycles. The highest BCUT2D eigenvalue weighted by atomic mass is 35.5. The Morgan fingerprint density at radius 2 is 1.96 bits per heavy atom. The van der Waals surface area contributed by atoms with Crippen molar-refractivity contribution in [1.82, 2.24) is 14.9 Å². The fourth-order valence-electron chi connectivity index (χ4n) is 3.53. The van der Waals surface area contributed by atoms with Crippen molar-refractivity contribution in [3.05, 3.63) is 73.8 Å². The molecule has 0 saturated carbocycles. The molecule has 1 N–H and O–H groups in total. The van der Waals surface area contributed by atoms with E-state index in [1.165, 1.54) is 12.4 Å². The molecular weight excluding hydrogens is 382 g/mol. The Bertz CT molecular complexity index is 1090. The van der Waals surface area contributed by atoms with Crippen LogP contribution in [-0.2, 0) is 6.54 Å². The summed E-state index contributed by atoms with van der Waals surface area (Å²) in [6.45, 7) is 3.62. The number of halogens is 1. The number of nitrogens with one attached hydrogen (secondary N) is 1. The zero-order chi connectivity index (χ0) is 19.7. The van der Waals surface area contributed by atoms with Gasteiger partial charge in [0.05, 0.1) is 22.2 Å². The predicted octanol–water partition coefficient (Wildman–Crippen LogP) is 2.81. The second-order valence-electron chi connectivity index (χ2n) is 6.74. The van der Waals surface area contributed by atoms with Gasteiger partial charge < -0.3 is 9.88 Å². The lowest BCUT2D eigenvalue weighted by Crippen LogP contribution is -2.46. The Balaban J connectivity index is 1.55. The van der Waals surface area contributed by atoms with Crippen LogP contribution in [0.4, 0.5) is 11.4 Å². The van der Waals surface area contributed by atoms with E-state index in [1.807, 2.05) is 29.2 Å². The number of benzene rings is 2. The van der Waals surface area contributed by atoms with Crippen molar-refractivity contribution < 1.29 is 4.92 Å². The summed E-state index contributed by atoms with van der Waals surface area (Å²) in [5, 5.41) is 12.5. The Labute approximate surface area is 165 Å². The molecular formula is C19H18ClN5O3. The second-order valence-corrected chi connectivity index (χ2v) is 7.18. The molecule has 0 radical (unpaired) electrons. The van der Waals surface area contributed by atoms with Crippen LogP contribution in [-0.4, -0.2) is 46.0 Å². The van der Waals surface area contributed by atoms with Gasteiger partial charge in [0.25, 0.3) is 11.2 Å². The summed E-state index contributed by atoms with van der Waals surface area (Å²) < 4.78 is 0. The Morgan fingerprint density at radius 3 is 2.68 bits per heavy atom. The number of aromatic amines is 1. The van der Waals surface area contributed by atoms with Crippen LogP contribution in [0.1, 0.15) is 5.56 Å². The van der Waals surface area contributed by atoms with Gasteiger partial charge in [0.1, 0.15) is 5.69 Å². The smallest absolute Gasteiger partial charge is 0.293 e. The molecule has 9 heteroatoms. The van der Waals surface area contributed by atoms with E-state index >= 15 is 0 Å². The summed E-state index contributed by atoms with van der Waals surface area (Å²) in [6.07, 6.45) is 1.31. The van der Waals surface area contributed by atoms with Gasteiger partial charge in [0.2, 0.25) is 0 Å². The summed E-state index contributed by atoms with van der Waals surface area (Å²) in [4.78, 5) is 33.9. The van der Waals surface area contributed by atoms with Crippen molar-refractivity contribution in [3.8, 4) is 0 Å². The number of rotatable bonds is 4. The van der Waals surface area contributed by atoms with E-state index < -0.39 is 4.92 Å². The first-order chi connectivity index (χ1) is 13.5. The van der Waals surface area contributed by atoms with Crippen LogP contribution in [0, 0.1) is 10.1 Å². The predicted molar refractivity (Wildman–Crippen MR) is 108 cm³/mol. The lowest BCUT2D eigenvalue weighted by atomic mass is 10.1. The molecule has 0 bridgehead atoms. The number of nitro groups is 1. The second kappa shape index (κ2) is 7.57. The van der Waals surface area contributed by atoms with E-state index in [2.05, 4.69) is 14.9 Å². The zero-order valence-electron chi connectivity index (χ0n) is 15.0. The van der Waals surface area contributed by atoms with Crippen molar-refractivity contribution in [2.45, 2.75) is 6.54 Å². The van der Waals surface area contributed by atoms with Crippen molar-refractivity contribution in [2.24, 2.45) is 0 Å². The third-order valence-electron chi connectivity index (χ3n) is 4.94. The minimum atomic E-state index is -0.445. The lowest BCUT2D eigenvalue weighted by Gasteiger charge is -2.35. The number of hydrogen-bond donors (Lipinski definition) is 1. The molecule has 1 aliphatic rings. The van der Waals surface area contributed by atoms with Gasteiger partial charge in [0.15, 0.2) is 0 Å². The van der Waals surface area contributed by atoms with E-state index in [-0.39, 0.29) is 16.6 Å². The number of piperazine rings is 1. The van der Waals surface area contributed by atoms with Crippen LogP contribution in [0.3, 0.4) is 0 Å². The van der Waals surface area contributed by atoms with Crippen LogP contribution in [0.15, 0.2) is 47.5 Å². The highest BCUT2D eigenvalue weighted by Crippen LogP contribution is 2.32. The quantitative estimate of drug-likeness (QED) is 0.535. The van der Waals surface area contributed by atoms with E-state index in [4.69, 9.17) is 11.6 Å². The maximum atomic E-state index is 11.9. The van der Waals surface area contributed by atoms with E-state index in [9.17, 15) is 14.9 Å². The molecule has 3 aromatic rings. The summed E-state index contributed by atoms with van der Waals surface area (Å²) in [6, 6.07) is 10.7. The normalized spacial score (nSPS) is 15.1. The van der Waals surface area contributed by atoms with Gasteiger partial charge in [0, 0.05) is 43.8 Å². The van der Waals surface area contributed by atoms with E-state index in [1.54, 1.807) is 6.07 Å². The number of fused-ring (bicyclic) bond motifs is 1. The molecule has 8 nitrogen and oxygen atoms in total. The van der Waals surface area contributed by atoms with Crippen molar-refractivity contribution in [3.63, 3.8) is 0 Å². The molecule has 144 valence electrons. The highest BCUT2D eigenvalue weighted by molar-refractivity contribution is 6.30. The Kier molecular flexibility index (Phi) is 4.97. The third kappa shape index (κ3) is 3.69. The molecule has 0 aliphatic carbocycles. The monoisotopic (exact) mass is 399 g/mol. The SMILES string of the molecule is O=c1[nH]cnc2cc(N3CCN(Cc4cccc(Cl)c4)CC3)c([N+](=O)[O-])cc12. The molecule has 1 saturated heterocycles. The lowest BCUT2D eigenvalue weighted by molar-refractivity contribution is -0.384. The number of aromatic nitrogens is 2. The molecule has 4 rings (SSSR count). The fraction of sp³-hybridized carbons (Fsp3) is 0.263. The summed E-state index contributed by atoms with van der Waals surface area (Å²) in [5.41, 5.74) is 1.63. The molecule has 0 unspecified atom stereocenters. The first-order valence-corrected chi connectivity index (χ1v) is 9.26. The average Bonchev–Trinajstić information content (AvgIpc) is 2.68. The topological polar surface area (TPSA) is 95.4 Å². The van der Waals surface area contributed by atoms with Crippen molar-refractivity contribution >= 4 is 33.9 Å². The molecule has 0 amide bonds. The molecule has 0 spiro atoms. The molecule has 2 heterocycles. The largest absolute Gasteiger partial charge is 0.363 e. The number of nitro benzene ring substituents is 1. The van der Waals surface area contributed by atoms with Crippen LogP contribution in [0.2, 0.25) is 5.02 Å². The molecule has 1 fully saturated rings. The molecule has 1 aliphatic heterocycles.